The summed E-state index contributed by atoms with van der Waals surface area (Å²) < 4.78 is 26.5. The molecule has 0 fully saturated rings. The SMILES string of the molecule is COC(=O)Cc1nn(-c2ccc(F)cc2)c2c1nnc1nc(-c3ccc(OC)cc3)nn12. The first-order valence-electron chi connectivity index (χ1n) is 9.55. The predicted octanol–water partition coefficient (Wildman–Crippen LogP) is 2.39. The van der Waals surface area contributed by atoms with E-state index >= 15 is 0 Å². The van der Waals surface area contributed by atoms with Crippen LogP contribution < -0.4 is 4.74 Å². The molecule has 11 heteroatoms. The van der Waals surface area contributed by atoms with Gasteiger partial charge in [-0.05, 0) is 48.5 Å². The molecule has 0 unspecified atom stereocenters. The Morgan fingerprint density at radius 3 is 2.44 bits per heavy atom. The van der Waals surface area contributed by atoms with Gasteiger partial charge in [-0.2, -0.15) is 14.6 Å². The molecule has 0 saturated heterocycles. The Kier molecular flexibility index (Phi) is 4.70. The number of aromatic nitrogens is 7. The van der Waals surface area contributed by atoms with Crippen LogP contribution in [0.1, 0.15) is 5.69 Å². The number of hydrogen-bond acceptors (Lipinski definition) is 8. The molecule has 0 aliphatic heterocycles. The molecule has 3 aromatic heterocycles. The number of nitrogens with zero attached hydrogens (tertiary/aromatic N) is 7. The van der Waals surface area contributed by atoms with E-state index in [4.69, 9.17) is 9.47 Å². The van der Waals surface area contributed by atoms with Crippen LogP contribution in [0.25, 0.3) is 34.0 Å². The van der Waals surface area contributed by atoms with Gasteiger partial charge in [-0.3, -0.25) is 4.79 Å². The average Bonchev–Trinajstić information content (AvgIpc) is 3.41. The Labute approximate surface area is 180 Å². The molecule has 0 bridgehead atoms. The van der Waals surface area contributed by atoms with Crippen molar-refractivity contribution >= 4 is 22.9 Å². The zero-order valence-corrected chi connectivity index (χ0v) is 17.1. The van der Waals surface area contributed by atoms with E-state index in [1.807, 2.05) is 12.1 Å². The largest absolute Gasteiger partial charge is 0.497 e. The highest BCUT2D eigenvalue weighted by atomic mass is 19.1. The molecule has 3 heterocycles. The van der Waals surface area contributed by atoms with Crippen molar-refractivity contribution in [3.8, 4) is 22.8 Å². The van der Waals surface area contributed by atoms with Crippen molar-refractivity contribution in [1.82, 2.24) is 34.6 Å². The quantitative estimate of drug-likeness (QED) is 0.389. The summed E-state index contributed by atoms with van der Waals surface area (Å²) in [7, 11) is 2.89. The topological polar surface area (TPSA) is 109 Å². The van der Waals surface area contributed by atoms with E-state index in [0.717, 1.165) is 5.56 Å². The van der Waals surface area contributed by atoms with E-state index < -0.39 is 5.97 Å². The van der Waals surface area contributed by atoms with Gasteiger partial charge in [0, 0.05) is 5.56 Å². The van der Waals surface area contributed by atoms with Gasteiger partial charge in [-0.1, -0.05) is 0 Å². The van der Waals surface area contributed by atoms with Gasteiger partial charge in [0.15, 0.2) is 17.0 Å². The minimum Gasteiger partial charge on any atom is -0.497 e. The van der Waals surface area contributed by atoms with Gasteiger partial charge >= 0.3 is 5.97 Å². The van der Waals surface area contributed by atoms with Crippen LogP contribution in [0.2, 0.25) is 0 Å². The van der Waals surface area contributed by atoms with Crippen molar-refractivity contribution in [2.24, 2.45) is 0 Å². The molecule has 0 N–H and O–H groups in total. The molecular weight excluding hydrogens is 417 g/mol. The van der Waals surface area contributed by atoms with E-state index in [1.54, 1.807) is 31.4 Å². The third-order valence-corrected chi connectivity index (χ3v) is 4.90. The van der Waals surface area contributed by atoms with Gasteiger partial charge < -0.3 is 9.47 Å². The molecule has 0 saturated carbocycles. The molecule has 2 aromatic carbocycles. The van der Waals surface area contributed by atoms with Crippen molar-refractivity contribution in [2.45, 2.75) is 6.42 Å². The fourth-order valence-electron chi connectivity index (χ4n) is 3.30. The Morgan fingerprint density at radius 1 is 1.00 bits per heavy atom. The van der Waals surface area contributed by atoms with Crippen LogP contribution in [-0.4, -0.2) is 54.8 Å². The van der Waals surface area contributed by atoms with Crippen LogP contribution >= 0.6 is 0 Å². The molecular formula is C21H16FN7O3. The number of halogens is 1. The molecule has 0 aliphatic carbocycles. The minimum absolute atomic E-state index is 0.110. The molecule has 0 atom stereocenters. The van der Waals surface area contributed by atoms with Crippen molar-refractivity contribution in [1.29, 1.82) is 0 Å². The Balaban J connectivity index is 1.73. The van der Waals surface area contributed by atoms with Crippen LogP contribution in [0.4, 0.5) is 4.39 Å². The lowest BCUT2D eigenvalue weighted by Gasteiger charge is -2.03. The number of fused-ring (bicyclic) bond motifs is 3. The number of methoxy groups -OCH3 is 2. The van der Waals surface area contributed by atoms with E-state index in [1.165, 1.54) is 28.4 Å². The number of ether oxygens (including phenoxy) is 2. The Hall–Kier alpha value is -4.41. The maximum Gasteiger partial charge on any atom is 0.311 e. The van der Waals surface area contributed by atoms with Gasteiger partial charge in [0.2, 0.25) is 0 Å². The summed E-state index contributed by atoms with van der Waals surface area (Å²) >= 11 is 0. The standard InChI is InChI=1S/C21H16FN7O3/c1-31-15-9-3-12(4-10-15)19-23-21-25-24-18-16(11-17(30)32-2)26-28(20(18)29(21)27-19)14-7-5-13(22)6-8-14/h3-10H,11H2,1-2H3. The first kappa shape index (κ1) is 19.5. The fraction of sp³-hybridized carbons (Fsp3) is 0.143. The first-order valence-corrected chi connectivity index (χ1v) is 9.55. The molecule has 5 rings (SSSR count). The number of rotatable bonds is 5. The smallest absolute Gasteiger partial charge is 0.311 e. The summed E-state index contributed by atoms with van der Waals surface area (Å²) in [6.07, 6.45) is -0.110. The second-order valence-corrected chi connectivity index (χ2v) is 6.84. The number of carbonyl (C=O) groups excluding carboxylic acids is 1. The monoisotopic (exact) mass is 433 g/mol. The van der Waals surface area contributed by atoms with Gasteiger partial charge in [0.1, 0.15) is 17.3 Å². The number of esters is 1. The van der Waals surface area contributed by atoms with Crippen LogP contribution in [0.5, 0.6) is 5.75 Å². The van der Waals surface area contributed by atoms with Gasteiger partial charge in [0.25, 0.3) is 5.78 Å². The van der Waals surface area contributed by atoms with E-state index in [0.29, 0.717) is 34.1 Å². The lowest BCUT2D eigenvalue weighted by atomic mass is 10.2. The normalized spacial score (nSPS) is 11.2. The van der Waals surface area contributed by atoms with Crippen LogP contribution in [-0.2, 0) is 16.0 Å². The first-order chi connectivity index (χ1) is 15.6. The maximum absolute atomic E-state index is 13.5. The van der Waals surface area contributed by atoms with Gasteiger partial charge in [0.05, 0.1) is 26.3 Å². The number of carbonyl (C=O) groups is 1. The molecule has 32 heavy (non-hydrogen) atoms. The minimum atomic E-state index is -0.477. The zero-order chi connectivity index (χ0) is 22.2. The molecule has 0 radical (unpaired) electrons. The second-order valence-electron chi connectivity index (χ2n) is 6.84. The van der Waals surface area contributed by atoms with Crippen molar-refractivity contribution < 1.29 is 18.7 Å². The number of benzene rings is 2. The van der Waals surface area contributed by atoms with Gasteiger partial charge in [-0.25, -0.2) is 9.07 Å². The maximum atomic E-state index is 13.5. The average molecular weight is 433 g/mol. The van der Waals surface area contributed by atoms with Crippen LogP contribution in [0.15, 0.2) is 48.5 Å². The van der Waals surface area contributed by atoms with Crippen molar-refractivity contribution in [2.75, 3.05) is 14.2 Å². The summed E-state index contributed by atoms with van der Waals surface area (Å²) in [5.41, 5.74) is 2.47. The third kappa shape index (κ3) is 3.29. The van der Waals surface area contributed by atoms with Gasteiger partial charge in [-0.15, -0.1) is 15.3 Å². The molecule has 0 aliphatic rings. The lowest BCUT2D eigenvalue weighted by molar-refractivity contribution is -0.139. The van der Waals surface area contributed by atoms with E-state index in [9.17, 15) is 9.18 Å². The van der Waals surface area contributed by atoms with Crippen LogP contribution in [0.3, 0.4) is 0 Å². The molecule has 160 valence electrons. The summed E-state index contributed by atoms with van der Waals surface area (Å²) in [4.78, 5) is 16.4. The van der Waals surface area contributed by atoms with Crippen LogP contribution in [0, 0.1) is 5.82 Å². The van der Waals surface area contributed by atoms with E-state index in [2.05, 4.69) is 25.4 Å². The zero-order valence-electron chi connectivity index (χ0n) is 17.1. The summed E-state index contributed by atoms with van der Waals surface area (Å²) in [6, 6.07) is 13.0. The second kappa shape index (κ2) is 7.69. The van der Waals surface area contributed by atoms with E-state index in [-0.39, 0.29) is 18.0 Å². The summed E-state index contributed by atoms with van der Waals surface area (Å²) in [5, 5.41) is 17.5. The molecule has 10 nitrogen and oxygen atoms in total. The molecule has 5 aromatic rings. The highest BCUT2D eigenvalue weighted by Gasteiger charge is 2.22. The highest BCUT2D eigenvalue weighted by molar-refractivity contribution is 5.82. The Bertz CT molecular complexity index is 1440. The third-order valence-electron chi connectivity index (χ3n) is 4.90. The summed E-state index contributed by atoms with van der Waals surface area (Å²) in [5.74, 6) is 0.524. The lowest BCUT2D eigenvalue weighted by Crippen LogP contribution is -2.06. The highest BCUT2D eigenvalue weighted by Crippen LogP contribution is 2.24. The Morgan fingerprint density at radius 2 is 1.75 bits per heavy atom. The molecule has 0 spiro atoms. The predicted molar refractivity (Wildman–Crippen MR) is 111 cm³/mol. The van der Waals surface area contributed by atoms with Crippen molar-refractivity contribution in [3.05, 3.63) is 60.0 Å². The summed E-state index contributed by atoms with van der Waals surface area (Å²) in [6.45, 7) is 0. The molecule has 0 amide bonds. The van der Waals surface area contributed by atoms with Crippen molar-refractivity contribution in [3.63, 3.8) is 0 Å². The fourth-order valence-corrected chi connectivity index (χ4v) is 3.30. The number of hydrogen-bond donors (Lipinski definition) is 0.